The number of rotatable bonds is 5. The van der Waals surface area contributed by atoms with Crippen molar-refractivity contribution in [2.45, 2.75) is 13.8 Å². The van der Waals surface area contributed by atoms with E-state index in [1.54, 1.807) is 26.2 Å². The third kappa shape index (κ3) is 3.62. The van der Waals surface area contributed by atoms with Crippen LogP contribution >= 0.6 is 11.3 Å². The van der Waals surface area contributed by atoms with Crippen LogP contribution in [0, 0.1) is 13.8 Å². The Hall–Kier alpha value is -3.52. The Morgan fingerprint density at radius 2 is 1.76 bits per heavy atom. The highest BCUT2D eigenvalue weighted by Gasteiger charge is 2.17. The number of azo groups is 1. The molecule has 0 amide bonds. The number of hydrogen-bond donors (Lipinski definition) is 1. The summed E-state index contributed by atoms with van der Waals surface area (Å²) in [6.45, 7) is 3.78. The minimum atomic E-state index is -0.297. The average molecular weight is 405 g/mol. The zero-order valence-corrected chi connectivity index (χ0v) is 17.0. The minimum absolute atomic E-state index is 0.241. The van der Waals surface area contributed by atoms with Gasteiger partial charge in [0.1, 0.15) is 11.4 Å². The number of thiazole rings is 1. The van der Waals surface area contributed by atoms with Crippen LogP contribution in [0.5, 0.6) is 5.75 Å². The number of nitrogens with one attached hydrogen (secondary N) is 1. The van der Waals surface area contributed by atoms with Gasteiger partial charge in [-0.05, 0) is 26.0 Å². The normalized spacial score (nSPS) is 11.3. The molecule has 0 aliphatic carbocycles. The van der Waals surface area contributed by atoms with E-state index in [-0.39, 0.29) is 11.2 Å². The Morgan fingerprint density at radius 3 is 2.52 bits per heavy atom. The average Bonchev–Trinajstić information content (AvgIpc) is 3.26. The zero-order chi connectivity index (χ0) is 20.4. The number of ether oxygens (including phenoxy) is 1. The first kappa shape index (κ1) is 18.8. The lowest BCUT2D eigenvalue weighted by Gasteiger charge is -2.01. The quantitative estimate of drug-likeness (QED) is 0.455. The molecule has 1 N–H and O–H groups in total. The molecule has 0 unspecified atom stereocenters. The van der Waals surface area contributed by atoms with Gasteiger partial charge in [-0.15, -0.1) is 10.2 Å². The molecule has 0 atom stereocenters. The molecule has 0 radical (unpaired) electrons. The molecule has 0 fully saturated rings. The lowest BCUT2D eigenvalue weighted by molar-refractivity contribution is 0.416. The van der Waals surface area contributed by atoms with Gasteiger partial charge in [-0.25, -0.2) is 4.98 Å². The van der Waals surface area contributed by atoms with Gasteiger partial charge >= 0.3 is 5.56 Å². The van der Waals surface area contributed by atoms with Gasteiger partial charge in [0.2, 0.25) is 5.13 Å². The predicted molar refractivity (Wildman–Crippen MR) is 114 cm³/mol. The number of aromatic nitrogens is 3. The van der Waals surface area contributed by atoms with Crippen molar-refractivity contribution >= 4 is 22.7 Å². The fourth-order valence-corrected chi connectivity index (χ4v) is 3.84. The minimum Gasteiger partial charge on any atom is -0.494 e. The molecule has 29 heavy (non-hydrogen) atoms. The summed E-state index contributed by atoms with van der Waals surface area (Å²) in [4.78, 5) is 18.6. The number of hydrogen-bond acceptors (Lipinski definition) is 6. The fourth-order valence-electron chi connectivity index (χ4n) is 2.95. The van der Waals surface area contributed by atoms with E-state index >= 15 is 0 Å². The Kier molecular flexibility index (Phi) is 5.09. The van der Waals surface area contributed by atoms with Crippen molar-refractivity contribution in [2.24, 2.45) is 10.2 Å². The van der Waals surface area contributed by atoms with E-state index < -0.39 is 0 Å². The summed E-state index contributed by atoms with van der Waals surface area (Å²) < 4.78 is 6.69. The van der Waals surface area contributed by atoms with Crippen LogP contribution in [0.25, 0.3) is 16.4 Å². The first-order chi connectivity index (χ1) is 14.1. The number of nitrogens with zero attached hydrogens (tertiary/aromatic N) is 4. The van der Waals surface area contributed by atoms with Gasteiger partial charge in [0, 0.05) is 10.4 Å². The van der Waals surface area contributed by atoms with Crippen LogP contribution < -0.4 is 10.3 Å². The maximum absolute atomic E-state index is 12.9. The van der Waals surface area contributed by atoms with E-state index in [1.807, 2.05) is 49.4 Å². The smallest absolute Gasteiger partial charge is 0.301 e. The molecule has 0 saturated carbocycles. The van der Waals surface area contributed by atoms with Crippen molar-refractivity contribution in [2.75, 3.05) is 7.11 Å². The van der Waals surface area contributed by atoms with Crippen LogP contribution in [-0.4, -0.2) is 21.9 Å². The summed E-state index contributed by atoms with van der Waals surface area (Å²) in [6.07, 6.45) is 0. The molecule has 4 aromatic rings. The summed E-state index contributed by atoms with van der Waals surface area (Å²) in [5.41, 5.74) is 2.99. The standard InChI is InChI=1S/C21H19N5O2S/c1-13-18(24-23-16-11-7-8-12-17(16)28-3)20(27)26(25-13)21-22-19(14(2)29-21)15-9-5-4-6-10-15/h4-12,25H,1-3H3. The van der Waals surface area contributed by atoms with Crippen LogP contribution in [0.4, 0.5) is 11.4 Å². The van der Waals surface area contributed by atoms with Crippen molar-refractivity contribution < 1.29 is 4.74 Å². The number of methoxy groups -OCH3 is 1. The molecule has 0 bridgehead atoms. The topological polar surface area (TPSA) is 84.6 Å². The van der Waals surface area contributed by atoms with Crippen molar-refractivity contribution in [1.82, 2.24) is 14.8 Å². The van der Waals surface area contributed by atoms with Gasteiger partial charge in [-0.1, -0.05) is 53.8 Å². The largest absolute Gasteiger partial charge is 0.494 e. The second-order valence-electron chi connectivity index (χ2n) is 6.37. The van der Waals surface area contributed by atoms with Crippen molar-refractivity contribution in [3.63, 3.8) is 0 Å². The van der Waals surface area contributed by atoms with Crippen molar-refractivity contribution in [3.8, 4) is 22.1 Å². The Balaban J connectivity index is 1.72. The van der Waals surface area contributed by atoms with E-state index in [0.29, 0.717) is 22.3 Å². The van der Waals surface area contributed by atoms with Crippen LogP contribution in [0.3, 0.4) is 0 Å². The van der Waals surface area contributed by atoms with Gasteiger partial charge in [0.05, 0.1) is 18.5 Å². The van der Waals surface area contributed by atoms with Crippen molar-refractivity contribution in [1.29, 1.82) is 0 Å². The monoisotopic (exact) mass is 405 g/mol. The van der Waals surface area contributed by atoms with E-state index in [9.17, 15) is 4.79 Å². The Bertz CT molecular complexity index is 1240. The summed E-state index contributed by atoms with van der Waals surface area (Å²) >= 11 is 1.45. The Morgan fingerprint density at radius 1 is 1.03 bits per heavy atom. The summed E-state index contributed by atoms with van der Waals surface area (Å²) in [5, 5.41) is 12.0. The molecular formula is C21H19N5O2S. The third-order valence-electron chi connectivity index (χ3n) is 4.41. The molecule has 2 aromatic carbocycles. The molecule has 4 rings (SSSR count). The first-order valence-corrected chi connectivity index (χ1v) is 9.79. The molecule has 7 nitrogen and oxygen atoms in total. The maximum Gasteiger partial charge on any atom is 0.301 e. The van der Waals surface area contributed by atoms with Gasteiger partial charge in [0.15, 0.2) is 5.69 Å². The second-order valence-corrected chi connectivity index (χ2v) is 7.55. The molecule has 0 aliphatic rings. The van der Waals surface area contributed by atoms with Gasteiger partial charge in [-0.3, -0.25) is 9.89 Å². The molecule has 0 aliphatic heterocycles. The lowest BCUT2D eigenvalue weighted by Crippen LogP contribution is -2.13. The highest BCUT2D eigenvalue weighted by molar-refractivity contribution is 7.14. The third-order valence-corrected chi connectivity index (χ3v) is 5.36. The van der Waals surface area contributed by atoms with E-state index in [1.165, 1.54) is 16.0 Å². The van der Waals surface area contributed by atoms with Crippen LogP contribution in [0.15, 0.2) is 69.6 Å². The van der Waals surface area contributed by atoms with Crippen molar-refractivity contribution in [3.05, 3.63) is 75.5 Å². The molecule has 8 heteroatoms. The van der Waals surface area contributed by atoms with Gasteiger partial charge in [-0.2, -0.15) is 4.68 Å². The summed E-state index contributed by atoms with van der Waals surface area (Å²) in [6, 6.07) is 17.2. The van der Waals surface area contributed by atoms with Gasteiger partial charge < -0.3 is 4.74 Å². The molecule has 2 heterocycles. The van der Waals surface area contributed by atoms with E-state index in [2.05, 4.69) is 20.3 Å². The predicted octanol–water partition coefficient (Wildman–Crippen LogP) is 5.33. The summed E-state index contributed by atoms with van der Waals surface area (Å²) in [5.74, 6) is 0.591. The SMILES string of the molecule is COc1ccccc1N=Nc1c(C)[nH]n(-c2nc(-c3ccccc3)c(C)s2)c1=O. The number of para-hydroxylation sites is 1. The summed E-state index contributed by atoms with van der Waals surface area (Å²) in [7, 11) is 1.57. The second kappa shape index (κ2) is 7.84. The molecule has 146 valence electrons. The first-order valence-electron chi connectivity index (χ1n) is 8.98. The highest BCUT2D eigenvalue weighted by Crippen LogP contribution is 2.30. The fraction of sp³-hybridized carbons (Fsp3) is 0.143. The van der Waals surface area contributed by atoms with Crippen LogP contribution in [0.1, 0.15) is 10.6 Å². The number of H-pyrrole nitrogens is 1. The molecule has 2 aromatic heterocycles. The molecular weight excluding hydrogens is 386 g/mol. The van der Waals surface area contributed by atoms with E-state index in [4.69, 9.17) is 4.74 Å². The zero-order valence-electron chi connectivity index (χ0n) is 16.2. The Labute approximate surface area is 171 Å². The molecule has 0 saturated heterocycles. The van der Waals surface area contributed by atoms with Gasteiger partial charge in [0.25, 0.3) is 0 Å². The number of aryl methyl sites for hydroxylation is 2. The molecule has 0 spiro atoms. The number of aromatic amines is 1. The van der Waals surface area contributed by atoms with E-state index in [0.717, 1.165) is 16.1 Å². The highest BCUT2D eigenvalue weighted by atomic mass is 32.1. The van der Waals surface area contributed by atoms with Crippen LogP contribution in [-0.2, 0) is 0 Å². The van der Waals surface area contributed by atoms with Crippen LogP contribution in [0.2, 0.25) is 0 Å². The number of benzene rings is 2. The lowest BCUT2D eigenvalue weighted by atomic mass is 10.1. The maximum atomic E-state index is 12.9.